The van der Waals surface area contributed by atoms with E-state index in [4.69, 9.17) is 5.11 Å². The van der Waals surface area contributed by atoms with Gasteiger partial charge < -0.3 is 5.11 Å². The molecule has 2 aromatic rings. The average Bonchev–Trinajstić information content (AvgIpc) is 2.83. The number of thiazole rings is 1. The smallest absolute Gasteiger partial charge is 0.242 e. The fourth-order valence-electron chi connectivity index (χ4n) is 1.58. The van der Waals surface area contributed by atoms with Gasteiger partial charge in [0.25, 0.3) is 0 Å². The fraction of sp³-hybridized carbons (Fsp3) is 0.250. The molecule has 0 spiro atoms. The second-order valence-corrected chi connectivity index (χ2v) is 8.00. The number of nitrogens with zero attached hydrogens (tertiary/aromatic N) is 1. The molecular formula is C12H13BrN2O3S2. The van der Waals surface area contributed by atoms with E-state index in [0.717, 1.165) is 9.88 Å². The number of aliphatic hydroxyl groups excluding tert-OH is 1. The molecule has 0 aliphatic rings. The maximum atomic E-state index is 12.3. The highest BCUT2D eigenvalue weighted by molar-refractivity contribution is 9.10. The molecule has 0 aliphatic heterocycles. The number of benzene rings is 1. The molecule has 1 aromatic carbocycles. The molecule has 2 rings (SSSR count). The van der Waals surface area contributed by atoms with E-state index in [9.17, 15) is 8.42 Å². The Kier molecular flexibility index (Phi) is 4.92. The first-order valence-electron chi connectivity index (χ1n) is 5.72. The van der Waals surface area contributed by atoms with Gasteiger partial charge in [-0.2, -0.15) is 0 Å². The van der Waals surface area contributed by atoms with E-state index < -0.39 is 10.0 Å². The summed E-state index contributed by atoms with van der Waals surface area (Å²) in [6.07, 6.45) is 1.65. The van der Waals surface area contributed by atoms with E-state index in [1.54, 1.807) is 18.3 Å². The lowest BCUT2D eigenvalue weighted by Crippen LogP contribution is -2.23. The van der Waals surface area contributed by atoms with Gasteiger partial charge in [-0.3, -0.25) is 0 Å². The minimum Gasteiger partial charge on any atom is -0.392 e. The van der Waals surface area contributed by atoms with Crippen molar-refractivity contribution >= 4 is 37.3 Å². The topological polar surface area (TPSA) is 79.3 Å². The van der Waals surface area contributed by atoms with E-state index >= 15 is 0 Å². The Bertz CT molecular complexity index is 713. The predicted molar refractivity (Wildman–Crippen MR) is 80.9 cm³/mol. The van der Waals surface area contributed by atoms with Crippen LogP contribution in [0.4, 0.5) is 0 Å². The van der Waals surface area contributed by atoms with Crippen LogP contribution in [0.25, 0.3) is 0 Å². The molecule has 0 aliphatic carbocycles. The molecule has 108 valence electrons. The van der Waals surface area contributed by atoms with Gasteiger partial charge in [0.15, 0.2) is 0 Å². The first-order chi connectivity index (χ1) is 9.42. The lowest BCUT2D eigenvalue weighted by molar-refractivity contribution is 0.281. The third-order valence-electron chi connectivity index (χ3n) is 2.57. The van der Waals surface area contributed by atoms with E-state index in [0.29, 0.717) is 10.0 Å². The van der Waals surface area contributed by atoms with Crippen LogP contribution >= 0.6 is 27.3 Å². The second kappa shape index (κ2) is 6.31. The number of sulfonamides is 1. The number of halogens is 1. The maximum Gasteiger partial charge on any atom is 0.242 e. The van der Waals surface area contributed by atoms with E-state index in [-0.39, 0.29) is 18.0 Å². The maximum absolute atomic E-state index is 12.3. The molecule has 0 amide bonds. The molecule has 1 heterocycles. The Morgan fingerprint density at radius 3 is 2.80 bits per heavy atom. The summed E-state index contributed by atoms with van der Waals surface area (Å²) in [5, 5.41) is 9.98. The summed E-state index contributed by atoms with van der Waals surface area (Å²) in [4.78, 5) is 5.04. The van der Waals surface area contributed by atoms with Crippen LogP contribution in [0.3, 0.4) is 0 Å². The highest BCUT2D eigenvalue weighted by Crippen LogP contribution is 2.23. The third kappa shape index (κ3) is 3.64. The van der Waals surface area contributed by atoms with Gasteiger partial charge in [0.2, 0.25) is 10.0 Å². The van der Waals surface area contributed by atoms with Crippen molar-refractivity contribution in [3.8, 4) is 0 Å². The van der Waals surface area contributed by atoms with Crippen molar-refractivity contribution in [2.75, 3.05) is 0 Å². The van der Waals surface area contributed by atoms with Gasteiger partial charge in [-0.05, 0) is 40.5 Å². The van der Waals surface area contributed by atoms with Crippen molar-refractivity contribution in [2.24, 2.45) is 0 Å². The molecule has 0 atom stereocenters. The first kappa shape index (κ1) is 15.6. The van der Waals surface area contributed by atoms with Crippen LogP contribution in [0.1, 0.15) is 15.4 Å². The van der Waals surface area contributed by atoms with Gasteiger partial charge in [-0.15, -0.1) is 11.3 Å². The van der Waals surface area contributed by atoms with E-state index in [2.05, 4.69) is 25.6 Å². The van der Waals surface area contributed by atoms with Crippen molar-refractivity contribution < 1.29 is 13.5 Å². The van der Waals surface area contributed by atoms with E-state index in [1.807, 2.05) is 6.92 Å². The van der Waals surface area contributed by atoms with Crippen LogP contribution < -0.4 is 4.72 Å². The Hall–Kier alpha value is -0.800. The number of nitrogens with one attached hydrogen (secondary N) is 1. The summed E-state index contributed by atoms with van der Waals surface area (Å²) >= 11 is 4.66. The summed E-state index contributed by atoms with van der Waals surface area (Å²) in [7, 11) is -3.64. The van der Waals surface area contributed by atoms with Gasteiger partial charge >= 0.3 is 0 Å². The highest BCUT2D eigenvalue weighted by atomic mass is 79.9. The third-order valence-corrected chi connectivity index (χ3v) is 5.88. The summed E-state index contributed by atoms with van der Waals surface area (Å²) in [5.41, 5.74) is 0.544. The highest BCUT2D eigenvalue weighted by Gasteiger charge is 2.18. The number of hydrogen-bond acceptors (Lipinski definition) is 5. The van der Waals surface area contributed by atoms with Crippen molar-refractivity contribution in [1.82, 2.24) is 9.71 Å². The van der Waals surface area contributed by atoms with Gasteiger partial charge in [-0.25, -0.2) is 18.1 Å². The Morgan fingerprint density at radius 1 is 1.45 bits per heavy atom. The summed E-state index contributed by atoms with van der Waals surface area (Å²) in [6.45, 7) is 1.86. The Balaban J connectivity index is 2.21. The molecule has 0 unspecified atom stereocenters. The first-order valence-corrected chi connectivity index (χ1v) is 8.82. The van der Waals surface area contributed by atoms with Gasteiger partial charge in [-0.1, -0.05) is 6.07 Å². The average molecular weight is 377 g/mol. The lowest BCUT2D eigenvalue weighted by Gasteiger charge is -2.09. The molecule has 0 fully saturated rings. The van der Waals surface area contributed by atoms with E-state index in [1.165, 1.54) is 17.4 Å². The molecule has 1 aromatic heterocycles. The minimum atomic E-state index is -3.64. The summed E-state index contributed by atoms with van der Waals surface area (Å²) < 4.78 is 27.5. The van der Waals surface area contributed by atoms with Crippen molar-refractivity contribution in [3.05, 3.63) is 44.3 Å². The van der Waals surface area contributed by atoms with Crippen molar-refractivity contribution in [2.45, 2.75) is 25.0 Å². The largest absolute Gasteiger partial charge is 0.392 e. The van der Waals surface area contributed by atoms with Crippen LogP contribution in [0.2, 0.25) is 0 Å². The van der Waals surface area contributed by atoms with Gasteiger partial charge in [0.1, 0.15) is 0 Å². The molecular weight excluding hydrogens is 364 g/mol. The number of hydrogen-bond donors (Lipinski definition) is 2. The zero-order chi connectivity index (χ0) is 14.8. The Labute approximate surface area is 129 Å². The fourth-order valence-corrected chi connectivity index (χ4v) is 4.43. The second-order valence-electron chi connectivity index (χ2n) is 4.09. The number of aryl methyl sites for hydroxylation is 1. The van der Waals surface area contributed by atoms with Crippen LogP contribution in [-0.4, -0.2) is 18.5 Å². The zero-order valence-corrected chi connectivity index (χ0v) is 13.8. The molecule has 0 saturated carbocycles. The normalized spacial score (nSPS) is 11.8. The SMILES string of the molecule is Cc1ncc(CNS(=O)(=O)c2cc(CO)ccc2Br)s1. The van der Waals surface area contributed by atoms with Crippen LogP contribution in [0, 0.1) is 6.92 Å². The lowest BCUT2D eigenvalue weighted by atomic mass is 10.2. The van der Waals surface area contributed by atoms with Gasteiger partial charge in [0, 0.05) is 22.1 Å². The van der Waals surface area contributed by atoms with Crippen molar-refractivity contribution in [3.63, 3.8) is 0 Å². The van der Waals surface area contributed by atoms with Crippen LogP contribution in [-0.2, 0) is 23.2 Å². The van der Waals surface area contributed by atoms with Crippen LogP contribution in [0.15, 0.2) is 33.8 Å². The van der Waals surface area contributed by atoms with Crippen LogP contribution in [0.5, 0.6) is 0 Å². The molecule has 2 N–H and O–H groups in total. The number of aromatic nitrogens is 1. The molecule has 5 nitrogen and oxygen atoms in total. The molecule has 8 heteroatoms. The predicted octanol–water partition coefficient (Wildman–Crippen LogP) is 2.18. The molecule has 20 heavy (non-hydrogen) atoms. The molecule has 0 radical (unpaired) electrons. The monoisotopic (exact) mass is 376 g/mol. The summed E-state index contributed by atoms with van der Waals surface area (Å²) in [6, 6.07) is 4.72. The standard InChI is InChI=1S/C12H13BrN2O3S2/c1-8-14-5-10(19-8)6-15-20(17,18)12-4-9(7-16)2-3-11(12)13/h2-5,15-16H,6-7H2,1H3. The number of aliphatic hydroxyl groups is 1. The molecule has 0 saturated heterocycles. The van der Waals surface area contributed by atoms with Gasteiger partial charge in [0.05, 0.1) is 16.5 Å². The van der Waals surface area contributed by atoms with Crippen molar-refractivity contribution in [1.29, 1.82) is 0 Å². The summed E-state index contributed by atoms with van der Waals surface area (Å²) in [5.74, 6) is 0. The minimum absolute atomic E-state index is 0.116. The Morgan fingerprint density at radius 2 is 2.20 bits per heavy atom. The molecule has 0 bridgehead atoms. The zero-order valence-electron chi connectivity index (χ0n) is 10.6. The number of rotatable bonds is 5. The quantitative estimate of drug-likeness (QED) is 0.837.